The Labute approximate surface area is 124 Å². The van der Waals surface area contributed by atoms with Crippen molar-refractivity contribution in [3.05, 3.63) is 64.1 Å². The van der Waals surface area contributed by atoms with Crippen molar-refractivity contribution in [3.8, 4) is 11.8 Å². The van der Waals surface area contributed by atoms with E-state index < -0.39 is 11.5 Å². The van der Waals surface area contributed by atoms with Crippen LogP contribution in [0.3, 0.4) is 0 Å². The largest absolute Gasteiger partial charge is 0.366 e. The first-order chi connectivity index (χ1) is 9.59. The number of amides is 1. The third-order valence-electron chi connectivity index (χ3n) is 3.11. The van der Waals surface area contributed by atoms with Crippen LogP contribution in [0.2, 0.25) is 0 Å². The summed E-state index contributed by atoms with van der Waals surface area (Å²) >= 11 is 3.33. The van der Waals surface area contributed by atoms with Crippen molar-refractivity contribution in [2.75, 3.05) is 5.32 Å². The minimum absolute atomic E-state index is 0.473. The van der Waals surface area contributed by atoms with E-state index >= 15 is 0 Å². The molecular weight excluding hydrogens is 318 g/mol. The molecule has 20 heavy (non-hydrogen) atoms. The topological polar surface area (TPSA) is 49.3 Å². The van der Waals surface area contributed by atoms with Gasteiger partial charge in [0, 0.05) is 21.3 Å². The molecule has 3 nitrogen and oxygen atoms in total. The van der Waals surface area contributed by atoms with Gasteiger partial charge in [0.15, 0.2) is 0 Å². The van der Waals surface area contributed by atoms with Gasteiger partial charge in [0.2, 0.25) is 5.60 Å². The number of aliphatic hydroxyl groups is 1. The molecule has 98 valence electrons. The number of carbonyl (C=O) groups is 1. The zero-order chi connectivity index (χ0) is 14.2. The average molecular weight is 328 g/mol. The lowest BCUT2D eigenvalue weighted by atomic mass is 9.96. The number of nitrogens with one attached hydrogen (secondary N) is 1. The maximum absolute atomic E-state index is 12.0. The number of anilines is 1. The fourth-order valence-electron chi connectivity index (χ4n) is 2.07. The molecule has 0 unspecified atom stereocenters. The van der Waals surface area contributed by atoms with Crippen LogP contribution >= 0.6 is 15.9 Å². The van der Waals surface area contributed by atoms with E-state index in [1.165, 1.54) is 0 Å². The zero-order valence-corrected chi connectivity index (χ0v) is 11.9. The molecule has 0 aromatic heterocycles. The standard InChI is InChI=1S/C16H10BrNO2/c17-12-6-7-14-13(10-12)16(20,15(19)18-14)9-8-11-4-2-1-3-5-11/h1-7,10,20H,(H,18,19)/t16-/m0/s1. The van der Waals surface area contributed by atoms with Crippen LogP contribution in [0.4, 0.5) is 5.69 Å². The molecule has 1 atom stereocenters. The number of rotatable bonds is 0. The highest BCUT2D eigenvalue weighted by Crippen LogP contribution is 2.37. The van der Waals surface area contributed by atoms with Crippen molar-refractivity contribution in [3.63, 3.8) is 0 Å². The monoisotopic (exact) mass is 327 g/mol. The SMILES string of the molecule is O=C1Nc2ccc(Br)cc2[C@@]1(O)C#Cc1ccccc1. The molecule has 0 saturated heterocycles. The summed E-state index contributed by atoms with van der Waals surface area (Å²) in [6.45, 7) is 0. The van der Waals surface area contributed by atoms with Gasteiger partial charge in [-0.3, -0.25) is 4.79 Å². The van der Waals surface area contributed by atoms with Gasteiger partial charge in [-0.25, -0.2) is 0 Å². The quantitative estimate of drug-likeness (QED) is 0.731. The van der Waals surface area contributed by atoms with Crippen LogP contribution in [0.25, 0.3) is 0 Å². The number of fused-ring (bicyclic) bond motifs is 1. The molecule has 0 saturated carbocycles. The number of hydrogen-bond donors (Lipinski definition) is 2. The molecule has 0 bridgehead atoms. The number of halogens is 1. The Morgan fingerprint density at radius 2 is 1.90 bits per heavy atom. The van der Waals surface area contributed by atoms with Crippen molar-refractivity contribution >= 4 is 27.5 Å². The highest BCUT2D eigenvalue weighted by atomic mass is 79.9. The second-order valence-electron chi connectivity index (χ2n) is 4.47. The Balaban J connectivity index is 2.07. The lowest BCUT2D eigenvalue weighted by molar-refractivity contribution is -0.128. The summed E-state index contributed by atoms with van der Waals surface area (Å²) in [7, 11) is 0. The molecule has 1 amide bonds. The van der Waals surface area contributed by atoms with Gasteiger partial charge in [0.25, 0.3) is 5.91 Å². The van der Waals surface area contributed by atoms with E-state index in [0.29, 0.717) is 11.3 Å². The molecule has 2 N–H and O–H groups in total. The molecule has 0 radical (unpaired) electrons. The molecule has 1 aliphatic heterocycles. The Morgan fingerprint density at radius 3 is 2.65 bits per heavy atom. The molecule has 1 heterocycles. The van der Waals surface area contributed by atoms with E-state index in [9.17, 15) is 9.90 Å². The van der Waals surface area contributed by atoms with Gasteiger partial charge in [-0.05, 0) is 36.3 Å². The minimum atomic E-state index is -1.81. The number of benzene rings is 2. The first-order valence-corrected chi connectivity index (χ1v) is 6.81. The molecule has 4 heteroatoms. The summed E-state index contributed by atoms with van der Waals surface area (Å²) in [6.07, 6.45) is 0. The van der Waals surface area contributed by atoms with E-state index in [4.69, 9.17) is 0 Å². The summed E-state index contributed by atoms with van der Waals surface area (Å²) < 4.78 is 0.785. The maximum atomic E-state index is 12.0. The molecular formula is C16H10BrNO2. The van der Waals surface area contributed by atoms with E-state index in [0.717, 1.165) is 10.0 Å². The first-order valence-electron chi connectivity index (χ1n) is 6.02. The third kappa shape index (κ3) is 2.11. The predicted octanol–water partition coefficient (Wildman–Crippen LogP) is 2.64. The fraction of sp³-hybridized carbons (Fsp3) is 0.0625. The molecule has 0 fully saturated rings. The van der Waals surface area contributed by atoms with Gasteiger partial charge in [-0.15, -0.1) is 0 Å². The summed E-state index contributed by atoms with van der Waals surface area (Å²) in [5, 5.41) is 13.2. The smallest absolute Gasteiger partial charge is 0.274 e. The lowest BCUT2D eigenvalue weighted by Crippen LogP contribution is -2.32. The Kier molecular flexibility index (Phi) is 3.09. The molecule has 0 aliphatic carbocycles. The fourth-order valence-corrected chi connectivity index (χ4v) is 2.43. The minimum Gasteiger partial charge on any atom is -0.366 e. The highest BCUT2D eigenvalue weighted by Gasteiger charge is 2.44. The normalized spacial score (nSPS) is 19.8. The Hall–Kier alpha value is -2.09. The first kappa shape index (κ1) is 12.9. The Bertz CT molecular complexity index is 746. The summed E-state index contributed by atoms with van der Waals surface area (Å²) in [5.74, 6) is 5.00. The number of hydrogen-bond acceptors (Lipinski definition) is 2. The zero-order valence-electron chi connectivity index (χ0n) is 10.4. The van der Waals surface area contributed by atoms with Gasteiger partial charge in [-0.1, -0.05) is 40.0 Å². The van der Waals surface area contributed by atoms with Gasteiger partial charge in [-0.2, -0.15) is 0 Å². The third-order valence-corrected chi connectivity index (χ3v) is 3.60. The summed E-state index contributed by atoms with van der Waals surface area (Å²) in [4.78, 5) is 12.0. The lowest BCUT2D eigenvalue weighted by Gasteiger charge is -2.13. The molecule has 2 aromatic rings. The van der Waals surface area contributed by atoms with E-state index in [-0.39, 0.29) is 0 Å². The van der Waals surface area contributed by atoms with E-state index in [2.05, 4.69) is 33.1 Å². The number of carbonyl (C=O) groups excluding carboxylic acids is 1. The van der Waals surface area contributed by atoms with Gasteiger partial charge in [0.1, 0.15) is 0 Å². The molecule has 0 spiro atoms. The highest BCUT2D eigenvalue weighted by molar-refractivity contribution is 9.10. The summed E-state index contributed by atoms with van der Waals surface area (Å²) in [6, 6.07) is 14.5. The van der Waals surface area contributed by atoms with Crippen LogP contribution in [0, 0.1) is 11.8 Å². The summed E-state index contributed by atoms with van der Waals surface area (Å²) in [5.41, 5.74) is -0.00451. The maximum Gasteiger partial charge on any atom is 0.274 e. The van der Waals surface area contributed by atoms with Crippen LogP contribution in [0.15, 0.2) is 53.0 Å². The van der Waals surface area contributed by atoms with Gasteiger partial charge >= 0.3 is 0 Å². The van der Waals surface area contributed by atoms with Crippen LogP contribution in [-0.4, -0.2) is 11.0 Å². The Morgan fingerprint density at radius 1 is 1.15 bits per heavy atom. The van der Waals surface area contributed by atoms with E-state index in [1.54, 1.807) is 18.2 Å². The van der Waals surface area contributed by atoms with Gasteiger partial charge < -0.3 is 10.4 Å². The average Bonchev–Trinajstić information content (AvgIpc) is 2.71. The van der Waals surface area contributed by atoms with Crippen molar-refractivity contribution in [1.29, 1.82) is 0 Å². The van der Waals surface area contributed by atoms with Crippen molar-refractivity contribution in [2.24, 2.45) is 0 Å². The van der Waals surface area contributed by atoms with Gasteiger partial charge in [0.05, 0.1) is 0 Å². The van der Waals surface area contributed by atoms with Crippen LogP contribution in [-0.2, 0) is 10.4 Å². The van der Waals surface area contributed by atoms with Crippen LogP contribution < -0.4 is 5.32 Å². The molecule has 3 rings (SSSR count). The van der Waals surface area contributed by atoms with Crippen molar-refractivity contribution in [1.82, 2.24) is 0 Å². The molecule has 2 aromatic carbocycles. The van der Waals surface area contributed by atoms with Crippen LogP contribution in [0.5, 0.6) is 0 Å². The molecule has 1 aliphatic rings. The van der Waals surface area contributed by atoms with Crippen molar-refractivity contribution < 1.29 is 9.90 Å². The second kappa shape index (κ2) is 4.78. The van der Waals surface area contributed by atoms with Crippen molar-refractivity contribution in [2.45, 2.75) is 5.60 Å². The second-order valence-corrected chi connectivity index (χ2v) is 5.39. The van der Waals surface area contributed by atoms with Crippen LogP contribution in [0.1, 0.15) is 11.1 Å². The van der Waals surface area contributed by atoms with E-state index in [1.807, 2.05) is 30.3 Å². The predicted molar refractivity (Wildman–Crippen MR) is 80.0 cm³/mol.